The number of thiazole rings is 1. The van der Waals surface area contributed by atoms with Gasteiger partial charge in [0.05, 0.1) is 11.2 Å². The van der Waals surface area contributed by atoms with Crippen LogP contribution in [0.4, 0.5) is 15.1 Å². The number of carboxylic acids is 1. The molecule has 1 aromatic carbocycles. The van der Waals surface area contributed by atoms with E-state index in [2.05, 4.69) is 10.3 Å². The highest BCUT2D eigenvalue weighted by Crippen LogP contribution is 2.27. The van der Waals surface area contributed by atoms with Crippen LogP contribution in [0.2, 0.25) is 5.02 Å². The van der Waals surface area contributed by atoms with Gasteiger partial charge in [-0.2, -0.15) is 0 Å². The Balaban J connectivity index is 2.31. The summed E-state index contributed by atoms with van der Waals surface area (Å²) in [6.45, 7) is 0. The molecule has 17 heavy (non-hydrogen) atoms. The van der Waals surface area contributed by atoms with Gasteiger partial charge < -0.3 is 10.4 Å². The van der Waals surface area contributed by atoms with E-state index < -0.39 is 11.8 Å². The molecule has 0 aliphatic rings. The molecule has 2 rings (SSSR count). The first-order valence-corrected chi connectivity index (χ1v) is 5.72. The zero-order chi connectivity index (χ0) is 12.4. The number of anilines is 2. The number of nitrogens with zero attached hydrogens (tertiary/aromatic N) is 1. The lowest BCUT2D eigenvalue weighted by molar-refractivity contribution is 0.0692. The van der Waals surface area contributed by atoms with E-state index >= 15 is 0 Å². The number of nitrogens with one attached hydrogen (secondary N) is 1. The topological polar surface area (TPSA) is 62.2 Å². The van der Waals surface area contributed by atoms with E-state index in [1.807, 2.05) is 0 Å². The van der Waals surface area contributed by atoms with Crippen molar-refractivity contribution in [2.24, 2.45) is 0 Å². The quantitative estimate of drug-likeness (QED) is 0.899. The molecule has 7 heteroatoms. The first-order chi connectivity index (χ1) is 8.08. The first kappa shape index (κ1) is 11.8. The molecule has 0 atom stereocenters. The van der Waals surface area contributed by atoms with Gasteiger partial charge in [-0.25, -0.2) is 14.2 Å². The first-order valence-electron chi connectivity index (χ1n) is 4.47. The fourth-order valence-electron chi connectivity index (χ4n) is 1.20. The van der Waals surface area contributed by atoms with Gasteiger partial charge in [0.1, 0.15) is 10.8 Å². The Hall–Kier alpha value is -1.66. The van der Waals surface area contributed by atoms with Crippen LogP contribution in [-0.2, 0) is 0 Å². The molecule has 0 unspecified atom stereocenters. The zero-order valence-electron chi connectivity index (χ0n) is 8.28. The van der Waals surface area contributed by atoms with Crippen LogP contribution in [0.5, 0.6) is 0 Å². The average molecular weight is 273 g/mol. The molecule has 0 aliphatic heterocycles. The fourth-order valence-corrected chi connectivity index (χ4v) is 2.04. The Morgan fingerprint density at radius 1 is 1.53 bits per heavy atom. The van der Waals surface area contributed by atoms with Gasteiger partial charge in [-0.1, -0.05) is 11.6 Å². The second-order valence-electron chi connectivity index (χ2n) is 3.08. The van der Waals surface area contributed by atoms with E-state index in [0.29, 0.717) is 0 Å². The third-order valence-electron chi connectivity index (χ3n) is 1.95. The van der Waals surface area contributed by atoms with Crippen LogP contribution in [0.15, 0.2) is 23.7 Å². The second-order valence-corrected chi connectivity index (χ2v) is 4.38. The molecule has 0 fully saturated rings. The summed E-state index contributed by atoms with van der Waals surface area (Å²) >= 11 is 6.69. The predicted molar refractivity (Wildman–Crippen MR) is 63.8 cm³/mol. The predicted octanol–water partition coefficient (Wildman–Crippen LogP) is 3.38. The van der Waals surface area contributed by atoms with Gasteiger partial charge in [0.15, 0.2) is 5.69 Å². The van der Waals surface area contributed by atoms with Crippen molar-refractivity contribution in [2.75, 3.05) is 5.32 Å². The molecule has 0 bridgehead atoms. The largest absolute Gasteiger partial charge is 0.476 e. The van der Waals surface area contributed by atoms with E-state index in [1.54, 1.807) is 0 Å². The molecule has 2 aromatic rings. The number of carbonyl (C=O) groups is 1. The van der Waals surface area contributed by atoms with E-state index in [-0.39, 0.29) is 21.4 Å². The van der Waals surface area contributed by atoms with Gasteiger partial charge in [0.25, 0.3) is 0 Å². The van der Waals surface area contributed by atoms with Crippen molar-refractivity contribution >= 4 is 39.6 Å². The molecule has 0 aliphatic carbocycles. The second kappa shape index (κ2) is 4.68. The molecule has 2 N–H and O–H groups in total. The summed E-state index contributed by atoms with van der Waals surface area (Å²) in [5.74, 6) is -1.72. The molecule has 0 amide bonds. The number of aromatic nitrogens is 1. The third-order valence-corrected chi connectivity index (χ3v) is 2.93. The molecule has 0 radical (unpaired) electrons. The van der Waals surface area contributed by atoms with E-state index in [9.17, 15) is 9.18 Å². The normalized spacial score (nSPS) is 10.2. The monoisotopic (exact) mass is 272 g/mol. The van der Waals surface area contributed by atoms with Crippen molar-refractivity contribution in [1.82, 2.24) is 4.98 Å². The smallest absolute Gasteiger partial charge is 0.357 e. The van der Waals surface area contributed by atoms with Crippen LogP contribution in [0, 0.1) is 5.82 Å². The van der Waals surface area contributed by atoms with Crippen molar-refractivity contribution in [2.45, 2.75) is 0 Å². The number of hydrogen-bond donors (Lipinski definition) is 2. The van der Waals surface area contributed by atoms with E-state index in [4.69, 9.17) is 16.7 Å². The summed E-state index contributed by atoms with van der Waals surface area (Å²) < 4.78 is 13.5. The minimum absolute atomic E-state index is 0.135. The minimum Gasteiger partial charge on any atom is -0.476 e. The van der Waals surface area contributed by atoms with Gasteiger partial charge in [-0.3, -0.25) is 0 Å². The molecule has 88 valence electrons. The zero-order valence-corrected chi connectivity index (χ0v) is 9.85. The number of halogens is 2. The number of rotatable bonds is 3. The molecule has 0 spiro atoms. The maximum atomic E-state index is 13.5. The molecular weight excluding hydrogens is 267 g/mol. The summed E-state index contributed by atoms with van der Waals surface area (Å²) in [6, 6.07) is 4.09. The van der Waals surface area contributed by atoms with Gasteiger partial charge in [-0.15, -0.1) is 11.3 Å². The fraction of sp³-hybridized carbons (Fsp3) is 0. The summed E-state index contributed by atoms with van der Waals surface area (Å²) in [6.07, 6.45) is 0. The minimum atomic E-state index is -1.16. The molecule has 0 saturated heterocycles. The highest BCUT2D eigenvalue weighted by Gasteiger charge is 2.14. The Kier molecular flexibility index (Phi) is 3.26. The van der Waals surface area contributed by atoms with Gasteiger partial charge in [0, 0.05) is 5.02 Å². The van der Waals surface area contributed by atoms with Crippen LogP contribution < -0.4 is 5.32 Å². The summed E-state index contributed by atoms with van der Waals surface area (Å²) in [5.41, 5.74) is 1.39. The summed E-state index contributed by atoms with van der Waals surface area (Å²) in [5, 5.41) is 12.1. The van der Waals surface area contributed by atoms with Gasteiger partial charge in [-0.05, 0) is 18.2 Å². The van der Waals surface area contributed by atoms with Crippen LogP contribution in [-0.4, -0.2) is 16.1 Å². The van der Waals surface area contributed by atoms with Crippen molar-refractivity contribution < 1.29 is 14.3 Å². The van der Waals surface area contributed by atoms with E-state index in [0.717, 1.165) is 17.4 Å². The van der Waals surface area contributed by atoms with Crippen LogP contribution >= 0.6 is 22.9 Å². The van der Waals surface area contributed by atoms with Crippen LogP contribution in [0.25, 0.3) is 0 Å². The Morgan fingerprint density at radius 2 is 2.29 bits per heavy atom. The number of hydrogen-bond acceptors (Lipinski definition) is 4. The van der Waals surface area contributed by atoms with Crippen molar-refractivity contribution in [1.29, 1.82) is 0 Å². The van der Waals surface area contributed by atoms with Crippen LogP contribution in [0.1, 0.15) is 10.5 Å². The number of aromatic carboxylic acids is 1. The molecule has 4 nitrogen and oxygen atoms in total. The van der Waals surface area contributed by atoms with Crippen molar-refractivity contribution in [3.8, 4) is 0 Å². The maximum Gasteiger partial charge on any atom is 0.357 e. The SMILES string of the molecule is O=C(O)c1ncsc1Nc1ccc(Cl)cc1F. The van der Waals surface area contributed by atoms with E-state index in [1.165, 1.54) is 17.6 Å². The lowest BCUT2D eigenvalue weighted by Crippen LogP contribution is -2.01. The summed E-state index contributed by atoms with van der Waals surface area (Å²) in [7, 11) is 0. The highest BCUT2D eigenvalue weighted by atomic mass is 35.5. The van der Waals surface area contributed by atoms with Crippen molar-refractivity contribution in [3.63, 3.8) is 0 Å². The maximum absolute atomic E-state index is 13.5. The number of carboxylic acid groups (broad SMARTS) is 1. The lowest BCUT2D eigenvalue weighted by atomic mass is 10.3. The lowest BCUT2D eigenvalue weighted by Gasteiger charge is -2.05. The van der Waals surface area contributed by atoms with Gasteiger partial charge >= 0.3 is 5.97 Å². The Bertz CT molecular complexity index is 573. The Labute approximate surface area is 105 Å². The van der Waals surface area contributed by atoms with Crippen LogP contribution in [0.3, 0.4) is 0 Å². The standard InChI is InChI=1S/C10H6ClFN2O2S/c11-5-1-2-7(6(12)3-5)14-9-8(10(15)16)13-4-17-9/h1-4,14H,(H,15,16). The summed E-state index contributed by atoms with van der Waals surface area (Å²) in [4.78, 5) is 14.5. The molecule has 1 heterocycles. The van der Waals surface area contributed by atoms with Gasteiger partial charge in [0.2, 0.25) is 0 Å². The molecule has 0 saturated carbocycles. The number of benzene rings is 1. The Morgan fingerprint density at radius 3 is 2.94 bits per heavy atom. The molecular formula is C10H6ClFN2O2S. The third kappa shape index (κ3) is 2.54. The van der Waals surface area contributed by atoms with Crippen molar-refractivity contribution in [3.05, 3.63) is 40.2 Å². The molecule has 1 aromatic heterocycles. The average Bonchev–Trinajstić information content (AvgIpc) is 2.70. The highest BCUT2D eigenvalue weighted by molar-refractivity contribution is 7.14.